The van der Waals surface area contributed by atoms with Crippen molar-refractivity contribution >= 4 is 23.4 Å². The fourth-order valence-corrected chi connectivity index (χ4v) is 3.97. The third-order valence-electron chi connectivity index (χ3n) is 5.71. The molecule has 2 atom stereocenters. The van der Waals surface area contributed by atoms with Gasteiger partial charge in [0.05, 0.1) is 25.5 Å². The molecular weight excluding hydrogens is 444 g/mol. The number of aliphatic hydroxyl groups is 1. The van der Waals surface area contributed by atoms with Gasteiger partial charge in [-0.1, -0.05) is 24.3 Å². The summed E-state index contributed by atoms with van der Waals surface area (Å²) in [6.07, 6.45) is 1.55. The Hall–Kier alpha value is -3.49. The van der Waals surface area contributed by atoms with Gasteiger partial charge in [-0.15, -0.1) is 0 Å². The lowest BCUT2D eigenvalue weighted by Crippen LogP contribution is -2.46. The number of aromatic nitrogens is 2. The number of carbonyl (C=O) groups is 2. The van der Waals surface area contributed by atoms with E-state index in [0.29, 0.717) is 29.1 Å². The minimum atomic E-state index is -0.735. The van der Waals surface area contributed by atoms with Crippen LogP contribution in [-0.4, -0.2) is 51.5 Å². The average Bonchev–Trinajstić information content (AvgIpc) is 3.17. The topological polar surface area (TPSA) is 105 Å². The molecule has 2 unspecified atom stereocenters. The van der Waals surface area contributed by atoms with Gasteiger partial charge in [0.1, 0.15) is 11.8 Å². The summed E-state index contributed by atoms with van der Waals surface area (Å²) >= 11 is 5.89. The maximum Gasteiger partial charge on any atom is 0.255 e. The van der Waals surface area contributed by atoms with Crippen LogP contribution >= 0.6 is 11.6 Å². The summed E-state index contributed by atoms with van der Waals surface area (Å²) in [4.78, 5) is 35.7. The van der Waals surface area contributed by atoms with Crippen LogP contribution in [0.1, 0.15) is 34.5 Å². The zero-order valence-corrected chi connectivity index (χ0v) is 18.9. The maximum atomic E-state index is 13.1. The molecule has 0 spiro atoms. The molecule has 0 fully saturated rings. The molecule has 0 bridgehead atoms. The first-order valence-corrected chi connectivity index (χ1v) is 10.8. The Morgan fingerprint density at radius 1 is 1.27 bits per heavy atom. The Morgan fingerprint density at radius 3 is 2.82 bits per heavy atom. The number of ether oxygens (including phenoxy) is 1. The fourth-order valence-electron chi connectivity index (χ4n) is 3.82. The third kappa shape index (κ3) is 4.67. The van der Waals surface area contributed by atoms with Gasteiger partial charge in [-0.3, -0.25) is 9.59 Å². The number of fused-ring (bicyclic) bond motifs is 1. The molecule has 0 radical (unpaired) electrons. The van der Waals surface area contributed by atoms with E-state index in [4.69, 9.17) is 16.3 Å². The highest BCUT2D eigenvalue weighted by molar-refractivity contribution is 6.28. The van der Waals surface area contributed by atoms with Crippen LogP contribution in [0.15, 0.2) is 54.7 Å². The summed E-state index contributed by atoms with van der Waals surface area (Å²) in [7, 11) is 1.55. The molecule has 1 aliphatic heterocycles. The van der Waals surface area contributed by atoms with Crippen LogP contribution in [0.3, 0.4) is 0 Å². The number of aliphatic hydroxyl groups excluding tert-OH is 1. The van der Waals surface area contributed by atoms with Crippen LogP contribution in [0.4, 0.5) is 0 Å². The summed E-state index contributed by atoms with van der Waals surface area (Å²) in [6, 6.07) is 13.0. The van der Waals surface area contributed by atoms with Crippen molar-refractivity contribution in [3.63, 3.8) is 0 Å². The van der Waals surface area contributed by atoms with Crippen LogP contribution in [0.25, 0.3) is 11.3 Å². The number of rotatable bonds is 7. The van der Waals surface area contributed by atoms with Crippen LogP contribution < -0.4 is 10.1 Å². The van der Waals surface area contributed by atoms with Crippen molar-refractivity contribution in [2.24, 2.45) is 0 Å². The van der Waals surface area contributed by atoms with Crippen LogP contribution in [-0.2, 0) is 11.3 Å². The van der Waals surface area contributed by atoms with Crippen LogP contribution in [0, 0.1) is 0 Å². The molecule has 8 nitrogen and oxygen atoms in total. The molecule has 170 valence electrons. The standard InChI is InChI=1S/C24H23ClN4O4/c1-14(22(31)27-21(13-30)15-4-3-5-18(10-15)33-2)29-12-17-7-6-16(11-19(17)23(29)32)20-8-9-26-24(25)28-20/h3-11,14,21,30H,12-13H2,1-2H3,(H,27,31). The minimum absolute atomic E-state index is 0.126. The number of methoxy groups -OCH3 is 1. The van der Waals surface area contributed by atoms with E-state index in [1.807, 2.05) is 12.1 Å². The smallest absolute Gasteiger partial charge is 0.255 e. The molecular formula is C24H23ClN4O4. The summed E-state index contributed by atoms with van der Waals surface area (Å²) in [5.74, 6) is 0.0246. The summed E-state index contributed by atoms with van der Waals surface area (Å²) < 4.78 is 5.22. The molecule has 9 heteroatoms. The zero-order chi connectivity index (χ0) is 23.5. The Labute approximate surface area is 196 Å². The molecule has 4 rings (SSSR count). The predicted octanol–water partition coefficient (Wildman–Crippen LogP) is 3.00. The lowest BCUT2D eigenvalue weighted by atomic mass is 10.0. The molecule has 0 saturated heterocycles. The normalized spacial score (nSPS) is 14.5. The molecule has 1 aromatic heterocycles. The van der Waals surface area contributed by atoms with Gasteiger partial charge < -0.3 is 20.1 Å². The van der Waals surface area contributed by atoms with Crippen molar-refractivity contribution < 1.29 is 19.4 Å². The van der Waals surface area contributed by atoms with Gasteiger partial charge >= 0.3 is 0 Å². The summed E-state index contributed by atoms with van der Waals surface area (Å²) in [6.45, 7) is 1.70. The van der Waals surface area contributed by atoms with Crippen molar-refractivity contribution in [1.82, 2.24) is 20.2 Å². The van der Waals surface area contributed by atoms with Crippen LogP contribution in [0.5, 0.6) is 5.75 Å². The minimum Gasteiger partial charge on any atom is -0.497 e. The van der Waals surface area contributed by atoms with Gasteiger partial charge in [0.2, 0.25) is 11.2 Å². The van der Waals surface area contributed by atoms with E-state index in [9.17, 15) is 14.7 Å². The largest absolute Gasteiger partial charge is 0.497 e. The van der Waals surface area contributed by atoms with Gasteiger partial charge in [-0.2, -0.15) is 0 Å². The number of nitrogens with zero attached hydrogens (tertiary/aromatic N) is 3. The van der Waals surface area contributed by atoms with E-state index in [1.165, 1.54) is 4.90 Å². The van der Waals surface area contributed by atoms with Crippen molar-refractivity contribution in [1.29, 1.82) is 0 Å². The van der Waals surface area contributed by atoms with Gasteiger partial charge in [0.25, 0.3) is 5.91 Å². The zero-order valence-electron chi connectivity index (χ0n) is 18.2. The number of hydrogen-bond donors (Lipinski definition) is 2. The van der Waals surface area contributed by atoms with E-state index < -0.39 is 12.1 Å². The molecule has 2 amide bonds. The summed E-state index contributed by atoms with van der Waals surface area (Å²) in [5, 5.41) is 12.8. The number of nitrogens with one attached hydrogen (secondary N) is 1. The predicted molar refractivity (Wildman–Crippen MR) is 123 cm³/mol. The van der Waals surface area contributed by atoms with Crippen molar-refractivity contribution in [2.75, 3.05) is 13.7 Å². The second-order valence-corrected chi connectivity index (χ2v) is 8.05. The van der Waals surface area contributed by atoms with E-state index in [-0.39, 0.29) is 23.7 Å². The van der Waals surface area contributed by atoms with E-state index >= 15 is 0 Å². The molecule has 1 aliphatic rings. The third-order valence-corrected chi connectivity index (χ3v) is 5.89. The highest BCUT2D eigenvalue weighted by atomic mass is 35.5. The highest BCUT2D eigenvalue weighted by Crippen LogP contribution is 2.29. The molecule has 3 aromatic rings. The maximum absolute atomic E-state index is 13.1. The fraction of sp³-hybridized carbons (Fsp3) is 0.250. The SMILES string of the molecule is COc1cccc(C(CO)NC(=O)C(C)N2Cc3ccc(-c4ccnc(Cl)n4)cc3C2=O)c1. The molecule has 2 aromatic carbocycles. The number of amides is 2. The molecule has 0 aliphatic carbocycles. The quantitative estimate of drug-likeness (QED) is 0.519. The first-order valence-electron chi connectivity index (χ1n) is 10.4. The number of halogens is 1. The average molecular weight is 467 g/mol. The van der Waals surface area contributed by atoms with Gasteiger partial charge in [0, 0.05) is 23.9 Å². The van der Waals surface area contributed by atoms with E-state index in [0.717, 1.165) is 11.1 Å². The Bertz CT molecular complexity index is 1200. The Kier molecular flexibility index (Phi) is 6.57. The second-order valence-electron chi connectivity index (χ2n) is 7.71. The molecule has 2 heterocycles. The monoisotopic (exact) mass is 466 g/mol. The lowest BCUT2D eigenvalue weighted by Gasteiger charge is -2.26. The van der Waals surface area contributed by atoms with E-state index in [2.05, 4.69) is 15.3 Å². The van der Waals surface area contributed by atoms with Crippen molar-refractivity contribution in [3.05, 3.63) is 76.7 Å². The number of hydrogen-bond acceptors (Lipinski definition) is 6. The van der Waals surface area contributed by atoms with Gasteiger partial charge in [-0.25, -0.2) is 9.97 Å². The number of carbonyl (C=O) groups excluding carboxylic acids is 2. The Morgan fingerprint density at radius 2 is 2.09 bits per heavy atom. The van der Waals surface area contributed by atoms with Gasteiger partial charge in [0.15, 0.2) is 0 Å². The highest BCUT2D eigenvalue weighted by Gasteiger charge is 2.34. The van der Waals surface area contributed by atoms with Crippen molar-refractivity contribution in [2.45, 2.75) is 25.6 Å². The molecule has 2 N–H and O–H groups in total. The molecule has 33 heavy (non-hydrogen) atoms. The Balaban J connectivity index is 1.50. The van der Waals surface area contributed by atoms with Crippen molar-refractivity contribution in [3.8, 4) is 17.0 Å². The van der Waals surface area contributed by atoms with Gasteiger partial charge in [-0.05, 0) is 53.9 Å². The first-order chi connectivity index (χ1) is 15.9. The van der Waals surface area contributed by atoms with E-state index in [1.54, 1.807) is 56.6 Å². The second kappa shape index (κ2) is 9.56. The number of benzene rings is 2. The lowest BCUT2D eigenvalue weighted by molar-refractivity contribution is -0.126. The molecule has 0 saturated carbocycles. The first kappa shape index (κ1) is 22.7. The summed E-state index contributed by atoms with van der Waals surface area (Å²) in [5.41, 5.74) is 3.41. The van der Waals surface area contributed by atoms with Crippen LogP contribution in [0.2, 0.25) is 5.28 Å².